The molecule has 6 heteroatoms. The normalized spacial score (nSPS) is 12.2. The lowest BCUT2D eigenvalue weighted by Crippen LogP contribution is -2.41. The van der Waals surface area contributed by atoms with Gasteiger partial charge >= 0.3 is 0 Å². The van der Waals surface area contributed by atoms with Crippen molar-refractivity contribution in [2.45, 2.75) is 47.1 Å². The van der Waals surface area contributed by atoms with Gasteiger partial charge in [0.05, 0.1) is 12.2 Å². The number of nitrogens with zero attached hydrogens (tertiary/aromatic N) is 3. The molecule has 0 radical (unpaired) electrons. The number of hydrogen-bond acceptors (Lipinski definition) is 4. The summed E-state index contributed by atoms with van der Waals surface area (Å²) in [5.74, 6) is 1.35. The lowest BCUT2D eigenvalue weighted by Gasteiger charge is -2.19. The molecule has 2 N–H and O–H groups in total. The minimum Gasteiger partial charge on any atom is -0.357 e. The van der Waals surface area contributed by atoms with E-state index < -0.39 is 0 Å². The van der Waals surface area contributed by atoms with Crippen LogP contribution in [0.15, 0.2) is 10.4 Å². The molecule has 0 aliphatic rings. The van der Waals surface area contributed by atoms with Crippen molar-refractivity contribution in [1.29, 1.82) is 0 Å². The lowest BCUT2D eigenvalue weighted by molar-refractivity contribution is 0.308. The summed E-state index contributed by atoms with van der Waals surface area (Å²) in [6, 6.07) is 0. The van der Waals surface area contributed by atoms with Gasteiger partial charge in [0.1, 0.15) is 5.01 Å². The third-order valence-corrected chi connectivity index (χ3v) is 4.34. The highest BCUT2D eigenvalue weighted by Gasteiger charge is 2.06. The Morgan fingerprint density at radius 2 is 2.00 bits per heavy atom. The first-order chi connectivity index (χ1) is 10.6. The molecule has 5 nitrogen and oxygen atoms in total. The molecule has 0 bridgehead atoms. The van der Waals surface area contributed by atoms with Crippen LogP contribution in [-0.2, 0) is 6.54 Å². The zero-order chi connectivity index (χ0) is 16.4. The average molecular weight is 326 g/mol. The van der Waals surface area contributed by atoms with Crippen molar-refractivity contribution in [2.75, 3.05) is 32.7 Å². The standard InChI is InChI=1S/C16H31N5S/c1-6-17-16(18-9-10-21(7-2)8-3)19-11-15-20-14(12-22-15)13(4)5/h12-13H,6-11H2,1-5H3,(H2,17,18,19). The Balaban J connectivity index is 2.50. The Labute approximate surface area is 139 Å². The fourth-order valence-electron chi connectivity index (χ4n) is 2.02. The maximum atomic E-state index is 4.63. The molecule has 0 unspecified atom stereocenters. The molecule has 22 heavy (non-hydrogen) atoms. The third-order valence-electron chi connectivity index (χ3n) is 3.49. The van der Waals surface area contributed by atoms with Crippen LogP contribution < -0.4 is 10.6 Å². The molecule has 0 amide bonds. The van der Waals surface area contributed by atoms with Gasteiger partial charge in [-0.2, -0.15) is 0 Å². The van der Waals surface area contributed by atoms with E-state index >= 15 is 0 Å². The SMILES string of the molecule is CCNC(=NCc1nc(C(C)C)cs1)NCCN(CC)CC. The van der Waals surface area contributed by atoms with Gasteiger partial charge in [-0.1, -0.05) is 27.7 Å². The van der Waals surface area contributed by atoms with Gasteiger partial charge in [-0.05, 0) is 25.9 Å². The molecule has 1 aromatic heterocycles. The van der Waals surface area contributed by atoms with Gasteiger partial charge < -0.3 is 15.5 Å². The average Bonchev–Trinajstić information content (AvgIpc) is 2.98. The second-order valence-corrected chi connectivity index (χ2v) is 6.41. The summed E-state index contributed by atoms with van der Waals surface area (Å²) in [7, 11) is 0. The van der Waals surface area contributed by atoms with Crippen LogP contribution in [0, 0.1) is 0 Å². The summed E-state index contributed by atoms with van der Waals surface area (Å²) < 4.78 is 0. The molecule has 0 aromatic carbocycles. The Morgan fingerprint density at radius 1 is 1.27 bits per heavy atom. The van der Waals surface area contributed by atoms with E-state index in [4.69, 9.17) is 0 Å². The number of nitrogens with one attached hydrogen (secondary N) is 2. The molecule has 1 aromatic rings. The van der Waals surface area contributed by atoms with Crippen LogP contribution in [0.1, 0.15) is 51.2 Å². The second kappa shape index (κ2) is 10.6. The van der Waals surface area contributed by atoms with Crippen molar-refractivity contribution in [3.63, 3.8) is 0 Å². The number of rotatable bonds is 9. The Kier molecular flexibility index (Phi) is 9.08. The van der Waals surface area contributed by atoms with Gasteiger partial charge in [0, 0.05) is 25.0 Å². The number of aliphatic imine (C=N–C) groups is 1. The monoisotopic (exact) mass is 325 g/mol. The molecule has 0 saturated heterocycles. The summed E-state index contributed by atoms with van der Waals surface area (Å²) in [6.45, 7) is 16.4. The van der Waals surface area contributed by atoms with Crippen molar-refractivity contribution in [2.24, 2.45) is 4.99 Å². The van der Waals surface area contributed by atoms with Crippen molar-refractivity contribution >= 4 is 17.3 Å². The molecule has 0 aliphatic heterocycles. The summed E-state index contributed by atoms with van der Waals surface area (Å²) in [5.41, 5.74) is 1.16. The van der Waals surface area contributed by atoms with Crippen molar-refractivity contribution < 1.29 is 0 Å². The maximum Gasteiger partial charge on any atom is 0.191 e. The third kappa shape index (κ3) is 6.75. The highest BCUT2D eigenvalue weighted by molar-refractivity contribution is 7.09. The number of hydrogen-bond donors (Lipinski definition) is 2. The van der Waals surface area contributed by atoms with E-state index in [1.165, 1.54) is 0 Å². The highest BCUT2D eigenvalue weighted by Crippen LogP contribution is 2.18. The first kappa shape index (κ1) is 18.9. The second-order valence-electron chi connectivity index (χ2n) is 5.47. The van der Waals surface area contributed by atoms with Crippen LogP contribution in [-0.4, -0.2) is 48.6 Å². The molecular formula is C16H31N5S. The predicted octanol–water partition coefficient (Wildman–Crippen LogP) is 2.66. The van der Waals surface area contributed by atoms with E-state index in [1.807, 2.05) is 0 Å². The van der Waals surface area contributed by atoms with E-state index in [-0.39, 0.29) is 0 Å². The van der Waals surface area contributed by atoms with Crippen LogP contribution in [0.2, 0.25) is 0 Å². The van der Waals surface area contributed by atoms with Crippen LogP contribution in [0.3, 0.4) is 0 Å². The van der Waals surface area contributed by atoms with E-state index in [1.54, 1.807) is 11.3 Å². The Bertz CT molecular complexity index is 437. The van der Waals surface area contributed by atoms with Gasteiger partial charge in [0.25, 0.3) is 0 Å². The number of thiazole rings is 1. The molecule has 0 fully saturated rings. The van der Waals surface area contributed by atoms with E-state index in [0.29, 0.717) is 12.5 Å². The summed E-state index contributed by atoms with van der Waals surface area (Å²) in [6.07, 6.45) is 0. The van der Waals surface area contributed by atoms with Crippen LogP contribution in [0.4, 0.5) is 0 Å². The lowest BCUT2D eigenvalue weighted by atomic mass is 10.2. The maximum absolute atomic E-state index is 4.63. The van der Waals surface area contributed by atoms with E-state index in [2.05, 4.69) is 65.5 Å². The highest BCUT2D eigenvalue weighted by atomic mass is 32.1. The van der Waals surface area contributed by atoms with Crippen molar-refractivity contribution in [1.82, 2.24) is 20.5 Å². The van der Waals surface area contributed by atoms with Crippen molar-refractivity contribution in [3.05, 3.63) is 16.1 Å². The molecule has 0 aliphatic carbocycles. The molecule has 0 atom stereocenters. The molecule has 126 valence electrons. The summed E-state index contributed by atoms with van der Waals surface area (Å²) in [4.78, 5) is 11.6. The van der Waals surface area contributed by atoms with Gasteiger partial charge in [0.2, 0.25) is 0 Å². The molecular weight excluding hydrogens is 294 g/mol. The Morgan fingerprint density at radius 3 is 2.55 bits per heavy atom. The van der Waals surface area contributed by atoms with Gasteiger partial charge in [-0.25, -0.2) is 9.98 Å². The first-order valence-corrected chi connectivity index (χ1v) is 9.17. The van der Waals surface area contributed by atoms with E-state index in [0.717, 1.165) is 49.4 Å². The van der Waals surface area contributed by atoms with Crippen LogP contribution in [0.25, 0.3) is 0 Å². The topological polar surface area (TPSA) is 52.6 Å². The summed E-state index contributed by atoms with van der Waals surface area (Å²) >= 11 is 1.69. The molecule has 0 spiro atoms. The predicted molar refractivity (Wildman–Crippen MR) is 96.8 cm³/mol. The molecule has 0 saturated carbocycles. The van der Waals surface area contributed by atoms with Gasteiger partial charge in [-0.3, -0.25) is 0 Å². The first-order valence-electron chi connectivity index (χ1n) is 8.29. The number of guanidine groups is 1. The minimum atomic E-state index is 0.481. The van der Waals surface area contributed by atoms with Crippen LogP contribution in [0.5, 0.6) is 0 Å². The smallest absolute Gasteiger partial charge is 0.191 e. The van der Waals surface area contributed by atoms with Crippen molar-refractivity contribution in [3.8, 4) is 0 Å². The van der Waals surface area contributed by atoms with Crippen LogP contribution >= 0.6 is 11.3 Å². The zero-order valence-electron chi connectivity index (χ0n) is 14.6. The number of aromatic nitrogens is 1. The van der Waals surface area contributed by atoms with Gasteiger partial charge in [0.15, 0.2) is 5.96 Å². The zero-order valence-corrected chi connectivity index (χ0v) is 15.5. The fourth-order valence-corrected chi connectivity index (χ4v) is 2.90. The summed E-state index contributed by atoms with van der Waals surface area (Å²) in [5, 5.41) is 9.89. The largest absolute Gasteiger partial charge is 0.357 e. The fraction of sp³-hybridized carbons (Fsp3) is 0.750. The Hall–Kier alpha value is -1.14. The van der Waals surface area contributed by atoms with Gasteiger partial charge in [-0.15, -0.1) is 11.3 Å². The molecule has 1 rings (SSSR count). The number of likely N-dealkylation sites (N-methyl/N-ethyl adjacent to an activating group) is 1. The minimum absolute atomic E-state index is 0.481. The van der Waals surface area contributed by atoms with E-state index in [9.17, 15) is 0 Å². The quantitative estimate of drug-likeness (QED) is 0.541. The molecule has 1 heterocycles.